The van der Waals surface area contributed by atoms with E-state index >= 15 is 0 Å². The molecular formula is C18H28FN3O. The Balaban J connectivity index is 1.70. The van der Waals surface area contributed by atoms with E-state index in [1.54, 1.807) is 12.1 Å². The van der Waals surface area contributed by atoms with E-state index in [-0.39, 0.29) is 11.9 Å². The van der Waals surface area contributed by atoms with Crippen LogP contribution in [0.2, 0.25) is 0 Å². The molecule has 0 unspecified atom stereocenters. The summed E-state index contributed by atoms with van der Waals surface area (Å²) in [5.74, 6) is 0.425. The zero-order chi connectivity index (χ0) is 16.2. The molecule has 2 aliphatic heterocycles. The molecule has 128 valence electrons. The maximum Gasteiger partial charge on any atom is 0.123 e. The first-order valence-electron chi connectivity index (χ1n) is 8.67. The number of halogens is 1. The molecule has 2 atom stereocenters. The number of nitrogens with zero attached hydrogens (tertiary/aromatic N) is 2. The minimum Gasteiger partial charge on any atom is -0.381 e. The van der Waals surface area contributed by atoms with Crippen LogP contribution in [0.4, 0.5) is 10.1 Å². The van der Waals surface area contributed by atoms with Crippen LogP contribution in [0.15, 0.2) is 18.2 Å². The molecule has 5 heteroatoms. The first-order chi connectivity index (χ1) is 11.1. The van der Waals surface area contributed by atoms with Gasteiger partial charge in [0, 0.05) is 51.1 Å². The highest BCUT2D eigenvalue weighted by Crippen LogP contribution is 2.28. The first-order valence-corrected chi connectivity index (χ1v) is 8.67. The second-order valence-corrected chi connectivity index (χ2v) is 6.85. The predicted octanol–water partition coefficient (Wildman–Crippen LogP) is 2.26. The Morgan fingerprint density at radius 1 is 1.30 bits per heavy atom. The molecule has 1 N–H and O–H groups in total. The van der Waals surface area contributed by atoms with E-state index < -0.39 is 0 Å². The van der Waals surface area contributed by atoms with Crippen molar-refractivity contribution in [2.24, 2.45) is 5.92 Å². The zero-order valence-electron chi connectivity index (χ0n) is 14.2. The molecule has 2 saturated heterocycles. The number of rotatable bonds is 5. The Morgan fingerprint density at radius 2 is 2.09 bits per heavy atom. The van der Waals surface area contributed by atoms with E-state index in [2.05, 4.69) is 29.1 Å². The smallest absolute Gasteiger partial charge is 0.123 e. The summed E-state index contributed by atoms with van der Waals surface area (Å²) in [6, 6.07) is 5.35. The highest BCUT2D eigenvalue weighted by molar-refractivity contribution is 5.55. The van der Waals surface area contributed by atoms with Gasteiger partial charge in [0.15, 0.2) is 0 Å². The van der Waals surface area contributed by atoms with Crippen molar-refractivity contribution < 1.29 is 9.13 Å². The quantitative estimate of drug-likeness (QED) is 0.900. The lowest BCUT2D eigenvalue weighted by molar-refractivity contribution is 0.184. The van der Waals surface area contributed by atoms with E-state index in [0.717, 1.165) is 57.9 Å². The van der Waals surface area contributed by atoms with Gasteiger partial charge in [-0.3, -0.25) is 0 Å². The lowest BCUT2D eigenvalue weighted by Crippen LogP contribution is -2.45. The summed E-state index contributed by atoms with van der Waals surface area (Å²) in [7, 11) is 2.15. The molecule has 4 nitrogen and oxygen atoms in total. The Labute approximate surface area is 138 Å². The van der Waals surface area contributed by atoms with Gasteiger partial charge in [0.2, 0.25) is 0 Å². The lowest BCUT2D eigenvalue weighted by atomic mass is 10.0. The zero-order valence-corrected chi connectivity index (χ0v) is 14.2. The van der Waals surface area contributed by atoms with Gasteiger partial charge < -0.3 is 19.9 Å². The van der Waals surface area contributed by atoms with Crippen molar-refractivity contribution in [3.63, 3.8) is 0 Å². The fraction of sp³-hybridized carbons (Fsp3) is 0.667. The monoisotopic (exact) mass is 321 g/mol. The Hall–Kier alpha value is -1.17. The number of likely N-dealkylation sites (N-methyl/N-ethyl adjacent to an activating group) is 1. The van der Waals surface area contributed by atoms with Crippen LogP contribution in [0, 0.1) is 11.7 Å². The number of hydrogen-bond donors (Lipinski definition) is 1. The SMILES string of the molecule is C[C@H](NC[C@@H]1CCOC1)c1cc(F)ccc1N1CCN(C)CC1. The van der Waals surface area contributed by atoms with Crippen molar-refractivity contribution in [3.8, 4) is 0 Å². The number of ether oxygens (including phenoxy) is 1. The van der Waals surface area contributed by atoms with Crippen LogP contribution in [-0.4, -0.2) is 57.9 Å². The van der Waals surface area contributed by atoms with Gasteiger partial charge in [0.1, 0.15) is 5.82 Å². The van der Waals surface area contributed by atoms with Gasteiger partial charge in [0.25, 0.3) is 0 Å². The van der Waals surface area contributed by atoms with Crippen LogP contribution in [-0.2, 0) is 4.74 Å². The van der Waals surface area contributed by atoms with Crippen LogP contribution in [0.5, 0.6) is 0 Å². The van der Waals surface area contributed by atoms with Crippen molar-refractivity contribution in [1.29, 1.82) is 0 Å². The molecule has 2 aliphatic rings. The van der Waals surface area contributed by atoms with Gasteiger partial charge in [-0.05, 0) is 50.1 Å². The van der Waals surface area contributed by atoms with Gasteiger partial charge in [-0.1, -0.05) is 0 Å². The third-order valence-electron chi connectivity index (χ3n) is 5.04. The van der Waals surface area contributed by atoms with Gasteiger partial charge in [0.05, 0.1) is 6.61 Å². The number of hydrogen-bond acceptors (Lipinski definition) is 4. The Bertz CT molecular complexity index is 511. The summed E-state index contributed by atoms with van der Waals surface area (Å²) in [5.41, 5.74) is 2.23. The molecule has 0 saturated carbocycles. The molecule has 0 bridgehead atoms. The largest absolute Gasteiger partial charge is 0.381 e. The highest BCUT2D eigenvalue weighted by Gasteiger charge is 2.21. The molecule has 0 aliphatic carbocycles. The molecule has 2 heterocycles. The third kappa shape index (κ3) is 4.22. The number of anilines is 1. The summed E-state index contributed by atoms with van der Waals surface area (Å²) in [4.78, 5) is 4.72. The standard InChI is InChI=1S/C18H28FN3O/c1-14(20-12-15-5-10-23-13-15)17-11-16(19)3-4-18(17)22-8-6-21(2)7-9-22/h3-4,11,14-15,20H,5-10,12-13H2,1-2H3/t14-,15-/m0/s1. The first kappa shape index (κ1) is 16.7. The lowest BCUT2D eigenvalue weighted by Gasteiger charge is -2.36. The molecule has 0 aromatic heterocycles. The summed E-state index contributed by atoms with van der Waals surface area (Å²) in [6.07, 6.45) is 1.12. The predicted molar refractivity (Wildman–Crippen MR) is 91.5 cm³/mol. The fourth-order valence-corrected chi connectivity index (χ4v) is 3.41. The van der Waals surface area contributed by atoms with Crippen molar-refractivity contribution >= 4 is 5.69 Å². The van der Waals surface area contributed by atoms with Crippen LogP contribution in [0.1, 0.15) is 24.9 Å². The molecule has 3 rings (SSSR count). The second-order valence-electron chi connectivity index (χ2n) is 6.85. The minimum absolute atomic E-state index is 0.140. The van der Waals surface area contributed by atoms with Crippen LogP contribution < -0.4 is 10.2 Å². The molecule has 23 heavy (non-hydrogen) atoms. The van der Waals surface area contributed by atoms with Gasteiger partial charge in [-0.15, -0.1) is 0 Å². The molecular weight excluding hydrogens is 293 g/mol. The van der Waals surface area contributed by atoms with Crippen LogP contribution in [0.3, 0.4) is 0 Å². The molecule has 0 amide bonds. The molecule has 0 spiro atoms. The fourth-order valence-electron chi connectivity index (χ4n) is 3.41. The van der Waals surface area contributed by atoms with Gasteiger partial charge in [-0.25, -0.2) is 4.39 Å². The third-order valence-corrected chi connectivity index (χ3v) is 5.04. The highest BCUT2D eigenvalue weighted by atomic mass is 19.1. The van der Waals surface area contributed by atoms with Crippen LogP contribution in [0.25, 0.3) is 0 Å². The second kappa shape index (κ2) is 7.60. The van der Waals surface area contributed by atoms with Crippen LogP contribution >= 0.6 is 0 Å². The molecule has 2 fully saturated rings. The average molecular weight is 321 g/mol. The van der Waals surface area contributed by atoms with Gasteiger partial charge in [-0.2, -0.15) is 0 Å². The van der Waals surface area contributed by atoms with Crippen molar-refractivity contribution in [2.45, 2.75) is 19.4 Å². The summed E-state index contributed by atoms with van der Waals surface area (Å²) < 4.78 is 19.2. The number of nitrogens with one attached hydrogen (secondary N) is 1. The number of benzene rings is 1. The number of piperazine rings is 1. The van der Waals surface area contributed by atoms with Gasteiger partial charge >= 0.3 is 0 Å². The van der Waals surface area contributed by atoms with Crippen molar-refractivity contribution in [1.82, 2.24) is 10.2 Å². The maximum atomic E-state index is 13.8. The Morgan fingerprint density at radius 3 is 2.78 bits per heavy atom. The van der Waals surface area contributed by atoms with E-state index in [9.17, 15) is 4.39 Å². The normalized spacial score (nSPS) is 24.1. The van der Waals surface area contributed by atoms with Crippen molar-refractivity contribution in [3.05, 3.63) is 29.6 Å². The minimum atomic E-state index is -0.157. The molecule has 1 aromatic rings. The van der Waals surface area contributed by atoms with E-state index in [1.165, 1.54) is 5.69 Å². The van der Waals surface area contributed by atoms with E-state index in [4.69, 9.17) is 4.74 Å². The average Bonchev–Trinajstić information content (AvgIpc) is 3.07. The molecule has 0 radical (unpaired) electrons. The van der Waals surface area contributed by atoms with E-state index in [0.29, 0.717) is 5.92 Å². The van der Waals surface area contributed by atoms with E-state index in [1.807, 2.05) is 6.07 Å². The van der Waals surface area contributed by atoms with Crippen molar-refractivity contribution in [2.75, 3.05) is 57.9 Å². The summed E-state index contributed by atoms with van der Waals surface area (Å²) in [6.45, 7) is 8.87. The molecule has 1 aromatic carbocycles. The summed E-state index contributed by atoms with van der Waals surface area (Å²) in [5, 5.41) is 3.57. The summed E-state index contributed by atoms with van der Waals surface area (Å²) >= 11 is 0. The maximum absolute atomic E-state index is 13.8. The Kier molecular flexibility index (Phi) is 5.51. The topological polar surface area (TPSA) is 27.7 Å².